The molecule has 0 aliphatic carbocycles. The van der Waals surface area contributed by atoms with E-state index in [-0.39, 0.29) is 5.91 Å². The summed E-state index contributed by atoms with van der Waals surface area (Å²) in [5.41, 5.74) is 4.95. The lowest BCUT2D eigenvalue weighted by Crippen LogP contribution is -2.21. The molecule has 2 aromatic carbocycles. The molecule has 0 unspecified atom stereocenters. The van der Waals surface area contributed by atoms with Crippen LogP contribution in [0, 0.1) is 13.8 Å². The number of nitrogens with one attached hydrogen (secondary N) is 1. The number of hydrogen-bond acceptors (Lipinski definition) is 2. The van der Waals surface area contributed by atoms with E-state index in [0.717, 1.165) is 35.6 Å². The van der Waals surface area contributed by atoms with Gasteiger partial charge in [-0.25, -0.2) is 0 Å². The fourth-order valence-electron chi connectivity index (χ4n) is 3.11. The van der Waals surface area contributed by atoms with Crippen molar-refractivity contribution < 1.29 is 4.79 Å². The van der Waals surface area contributed by atoms with Crippen molar-refractivity contribution in [1.29, 1.82) is 0 Å². The van der Waals surface area contributed by atoms with Crippen LogP contribution in [0.3, 0.4) is 0 Å². The second kappa shape index (κ2) is 6.22. The van der Waals surface area contributed by atoms with Gasteiger partial charge < -0.3 is 10.2 Å². The maximum Gasteiger partial charge on any atom is 0.255 e. The van der Waals surface area contributed by atoms with E-state index in [1.165, 1.54) is 12.8 Å². The van der Waals surface area contributed by atoms with Crippen LogP contribution in [-0.4, -0.2) is 19.0 Å². The van der Waals surface area contributed by atoms with Crippen molar-refractivity contribution in [3.63, 3.8) is 0 Å². The Hall–Kier alpha value is -2.29. The van der Waals surface area contributed by atoms with Crippen LogP contribution in [-0.2, 0) is 0 Å². The smallest absolute Gasteiger partial charge is 0.255 e. The Bertz CT molecular complexity index is 667. The average Bonchev–Trinajstić information content (AvgIpc) is 3.01. The van der Waals surface area contributed by atoms with E-state index in [0.29, 0.717) is 5.56 Å². The zero-order valence-corrected chi connectivity index (χ0v) is 13.2. The minimum atomic E-state index is -0.0431. The number of anilines is 2. The number of benzene rings is 2. The quantitative estimate of drug-likeness (QED) is 0.922. The Kier molecular flexibility index (Phi) is 4.14. The Morgan fingerprint density at radius 3 is 2.32 bits per heavy atom. The van der Waals surface area contributed by atoms with E-state index in [1.54, 1.807) is 0 Å². The van der Waals surface area contributed by atoms with E-state index in [9.17, 15) is 4.79 Å². The van der Waals surface area contributed by atoms with Gasteiger partial charge >= 0.3 is 0 Å². The van der Waals surface area contributed by atoms with Crippen LogP contribution < -0.4 is 10.2 Å². The minimum absolute atomic E-state index is 0.0431. The lowest BCUT2D eigenvalue weighted by Gasteiger charge is -2.21. The van der Waals surface area contributed by atoms with Crippen molar-refractivity contribution in [1.82, 2.24) is 0 Å². The van der Waals surface area contributed by atoms with Gasteiger partial charge in [-0.2, -0.15) is 0 Å². The fourth-order valence-corrected chi connectivity index (χ4v) is 3.11. The first-order valence-corrected chi connectivity index (χ1v) is 7.87. The van der Waals surface area contributed by atoms with E-state index >= 15 is 0 Å². The lowest BCUT2D eigenvalue weighted by molar-refractivity contribution is 0.102. The monoisotopic (exact) mass is 294 g/mol. The predicted molar refractivity (Wildman–Crippen MR) is 91.8 cm³/mol. The van der Waals surface area contributed by atoms with Gasteiger partial charge in [0.1, 0.15) is 0 Å². The standard InChI is InChI=1S/C19H22N2O/c1-14-11-15(2)13-16(12-14)19(22)20-17-7-3-4-8-18(17)21-9-5-6-10-21/h3-4,7-8,11-13H,5-6,9-10H2,1-2H3,(H,20,22). The highest BCUT2D eigenvalue weighted by atomic mass is 16.1. The Morgan fingerprint density at radius 1 is 1.00 bits per heavy atom. The molecule has 1 amide bonds. The first-order chi connectivity index (χ1) is 10.6. The Labute approximate surface area is 132 Å². The summed E-state index contributed by atoms with van der Waals surface area (Å²) in [5.74, 6) is -0.0431. The number of para-hydroxylation sites is 2. The maximum atomic E-state index is 12.6. The van der Waals surface area contributed by atoms with Crippen LogP contribution in [0.2, 0.25) is 0 Å². The van der Waals surface area contributed by atoms with Crippen LogP contribution in [0.15, 0.2) is 42.5 Å². The highest BCUT2D eigenvalue weighted by molar-refractivity contribution is 6.06. The van der Waals surface area contributed by atoms with Gasteiger partial charge in [-0.05, 0) is 51.0 Å². The first kappa shape index (κ1) is 14.6. The van der Waals surface area contributed by atoms with Crippen LogP contribution in [0.1, 0.15) is 34.3 Å². The summed E-state index contributed by atoms with van der Waals surface area (Å²) in [6.07, 6.45) is 2.44. The van der Waals surface area contributed by atoms with Gasteiger partial charge in [-0.15, -0.1) is 0 Å². The van der Waals surface area contributed by atoms with Gasteiger partial charge in [0.2, 0.25) is 0 Å². The number of carbonyl (C=O) groups excluding carboxylic acids is 1. The largest absolute Gasteiger partial charge is 0.370 e. The molecule has 0 radical (unpaired) electrons. The number of hydrogen-bond donors (Lipinski definition) is 1. The molecule has 1 aliphatic heterocycles. The summed E-state index contributed by atoms with van der Waals surface area (Å²) in [6, 6.07) is 14.0. The summed E-state index contributed by atoms with van der Waals surface area (Å²) in [4.78, 5) is 14.9. The molecule has 0 spiro atoms. The van der Waals surface area contributed by atoms with E-state index in [1.807, 2.05) is 44.2 Å². The highest BCUT2D eigenvalue weighted by Crippen LogP contribution is 2.29. The molecule has 2 aromatic rings. The molecule has 3 rings (SSSR count). The third-order valence-corrected chi connectivity index (χ3v) is 4.08. The number of rotatable bonds is 3. The molecule has 0 aromatic heterocycles. The van der Waals surface area contributed by atoms with Gasteiger partial charge in [-0.1, -0.05) is 29.3 Å². The Balaban J connectivity index is 1.85. The summed E-state index contributed by atoms with van der Waals surface area (Å²) >= 11 is 0. The van der Waals surface area contributed by atoms with Crippen molar-refractivity contribution in [3.05, 3.63) is 59.2 Å². The number of aryl methyl sites for hydroxylation is 2. The molecule has 3 nitrogen and oxygen atoms in total. The van der Waals surface area contributed by atoms with Crippen LogP contribution >= 0.6 is 0 Å². The molecule has 22 heavy (non-hydrogen) atoms. The van der Waals surface area contributed by atoms with Crippen molar-refractivity contribution in [2.24, 2.45) is 0 Å². The maximum absolute atomic E-state index is 12.6. The Morgan fingerprint density at radius 2 is 1.64 bits per heavy atom. The van der Waals surface area contributed by atoms with E-state index in [4.69, 9.17) is 0 Å². The summed E-state index contributed by atoms with van der Waals surface area (Å²) in [7, 11) is 0. The SMILES string of the molecule is Cc1cc(C)cc(C(=O)Nc2ccccc2N2CCCC2)c1. The zero-order valence-electron chi connectivity index (χ0n) is 13.2. The number of carbonyl (C=O) groups is 1. The second-order valence-corrected chi connectivity index (χ2v) is 6.04. The molecule has 1 N–H and O–H groups in total. The topological polar surface area (TPSA) is 32.3 Å². The van der Waals surface area contributed by atoms with Gasteiger partial charge in [0.05, 0.1) is 11.4 Å². The molecule has 0 bridgehead atoms. The normalized spacial score (nSPS) is 14.2. The molecule has 1 heterocycles. The predicted octanol–water partition coefficient (Wildman–Crippen LogP) is 4.16. The van der Waals surface area contributed by atoms with Gasteiger partial charge in [-0.3, -0.25) is 4.79 Å². The van der Waals surface area contributed by atoms with Gasteiger partial charge in [0.15, 0.2) is 0 Å². The summed E-state index contributed by atoms with van der Waals surface area (Å²) < 4.78 is 0. The van der Waals surface area contributed by atoms with Crippen molar-refractivity contribution in [2.75, 3.05) is 23.3 Å². The zero-order chi connectivity index (χ0) is 15.5. The average molecular weight is 294 g/mol. The molecule has 0 atom stereocenters. The van der Waals surface area contributed by atoms with Crippen LogP contribution in [0.5, 0.6) is 0 Å². The molecule has 3 heteroatoms. The minimum Gasteiger partial charge on any atom is -0.370 e. The summed E-state index contributed by atoms with van der Waals surface area (Å²) in [5, 5.41) is 3.08. The van der Waals surface area contributed by atoms with E-state index in [2.05, 4.69) is 22.3 Å². The molecule has 1 aliphatic rings. The van der Waals surface area contributed by atoms with Crippen LogP contribution in [0.25, 0.3) is 0 Å². The summed E-state index contributed by atoms with van der Waals surface area (Å²) in [6.45, 7) is 6.16. The second-order valence-electron chi connectivity index (χ2n) is 6.04. The molecular formula is C19H22N2O. The highest BCUT2D eigenvalue weighted by Gasteiger charge is 2.17. The van der Waals surface area contributed by atoms with Gasteiger partial charge in [0.25, 0.3) is 5.91 Å². The molecule has 114 valence electrons. The van der Waals surface area contributed by atoms with Crippen molar-refractivity contribution in [2.45, 2.75) is 26.7 Å². The number of nitrogens with zero attached hydrogens (tertiary/aromatic N) is 1. The molecular weight excluding hydrogens is 272 g/mol. The fraction of sp³-hybridized carbons (Fsp3) is 0.316. The van der Waals surface area contributed by atoms with Crippen molar-refractivity contribution in [3.8, 4) is 0 Å². The third-order valence-electron chi connectivity index (χ3n) is 4.08. The molecule has 1 fully saturated rings. The first-order valence-electron chi connectivity index (χ1n) is 7.87. The third kappa shape index (κ3) is 3.14. The molecule has 0 saturated carbocycles. The number of amides is 1. The van der Waals surface area contributed by atoms with Crippen LogP contribution in [0.4, 0.5) is 11.4 Å². The van der Waals surface area contributed by atoms with Gasteiger partial charge in [0, 0.05) is 18.7 Å². The molecule has 1 saturated heterocycles. The van der Waals surface area contributed by atoms with Crippen molar-refractivity contribution >= 4 is 17.3 Å². The van der Waals surface area contributed by atoms with E-state index < -0.39 is 0 Å². The lowest BCUT2D eigenvalue weighted by atomic mass is 10.1.